The van der Waals surface area contributed by atoms with Gasteiger partial charge in [-0.2, -0.15) is 13.2 Å². The molecule has 2 saturated heterocycles. The van der Waals surface area contributed by atoms with Gasteiger partial charge < -0.3 is 70.3 Å². The van der Waals surface area contributed by atoms with E-state index in [1.807, 2.05) is 0 Å². The summed E-state index contributed by atoms with van der Waals surface area (Å²) in [6, 6.07) is -3.41. The monoisotopic (exact) mass is 719 g/mol. The molecule has 0 bridgehead atoms. The van der Waals surface area contributed by atoms with Gasteiger partial charge in [0, 0.05) is 12.5 Å². The van der Waals surface area contributed by atoms with Gasteiger partial charge in [0.1, 0.15) is 47.6 Å². The van der Waals surface area contributed by atoms with Crippen LogP contribution >= 0.6 is 0 Å². The molecule has 286 valence electrons. The summed E-state index contributed by atoms with van der Waals surface area (Å²) in [4.78, 5) is 25.6. The molecule has 16 nitrogen and oxygen atoms in total. The van der Waals surface area contributed by atoms with E-state index < -0.39 is 122 Å². The summed E-state index contributed by atoms with van der Waals surface area (Å²) in [7, 11) is 0. The van der Waals surface area contributed by atoms with Gasteiger partial charge in [-0.3, -0.25) is 0 Å². The summed E-state index contributed by atoms with van der Waals surface area (Å²) < 4.78 is 75.4. The first kappa shape index (κ1) is 41.4. The highest BCUT2D eigenvalue weighted by Gasteiger charge is 2.59. The lowest BCUT2D eigenvalue weighted by molar-refractivity contribution is -0.354. The topological polar surface area (TPSA) is 241 Å². The van der Waals surface area contributed by atoms with Crippen molar-refractivity contribution >= 4 is 12.2 Å². The van der Waals surface area contributed by atoms with E-state index in [2.05, 4.69) is 10.6 Å². The van der Waals surface area contributed by atoms with E-state index in [1.165, 1.54) is 0 Å². The van der Waals surface area contributed by atoms with Crippen LogP contribution in [-0.2, 0) is 28.4 Å². The maximum absolute atomic E-state index is 13.8. The smallest absolute Gasteiger partial charge is 0.408 e. The lowest BCUT2D eigenvalue weighted by Crippen LogP contribution is -2.68. The van der Waals surface area contributed by atoms with Crippen molar-refractivity contribution in [2.24, 2.45) is 11.7 Å². The van der Waals surface area contributed by atoms with E-state index in [9.17, 15) is 48.3 Å². The van der Waals surface area contributed by atoms with Crippen LogP contribution in [0, 0.1) is 5.92 Å². The molecule has 0 spiro atoms. The highest BCUT2D eigenvalue weighted by atomic mass is 19.4. The number of carbonyl (C=O) groups is 2. The van der Waals surface area contributed by atoms with E-state index in [0.29, 0.717) is 6.42 Å². The molecule has 3 rings (SSSR count). The zero-order valence-corrected chi connectivity index (χ0v) is 28.6. The number of hydrogen-bond acceptors (Lipinski definition) is 14. The fourth-order valence-corrected chi connectivity index (χ4v) is 6.05. The first-order valence-corrected chi connectivity index (χ1v) is 16.2. The van der Waals surface area contributed by atoms with Gasteiger partial charge in [0.15, 0.2) is 12.6 Å². The summed E-state index contributed by atoms with van der Waals surface area (Å²) in [5.41, 5.74) is 4.50. The normalized spacial score (nSPS) is 39.2. The fraction of sp³-hybridized carbons (Fsp3) is 0.933. The Bertz CT molecular complexity index is 1110. The van der Waals surface area contributed by atoms with Crippen LogP contribution < -0.4 is 16.4 Å². The molecule has 1 aliphatic carbocycles. The largest absolute Gasteiger partial charge is 0.444 e. The zero-order chi connectivity index (χ0) is 37.2. The molecule has 0 aromatic carbocycles. The van der Waals surface area contributed by atoms with Gasteiger partial charge in [-0.15, -0.1) is 0 Å². The molecule has 2 heterocycles. The van der Waals surface area contributed by atoms with Crippen molar-refractivity contribution in [1.29, 1.82) is 0 Å². The molecule has 2 aliphatic heterocycles. The fourth-order valence-electron chi connectivity index (χ4n) is 6.05. The van der Waals surface area contributed by atoms with Gasteiger partial charge in [0.25, 0.3) is 0 Å². The van der Waals surface area contributed by atoms with Gasteiger partial charge in [-0.1, -0.05) is 6.92 Å². The van der Waals surface area contributed by atoms with Crippen molar-refractivity contribution in [2.75, 3.05) is 6.61 Å². The molecule has 0 aromatic rings. The average Bonchev–Trinajstić information content (AvgIpc) is 2.92. The Morgan fingerprint density at radius 2 is 1.29 bits per heavy atom. The minimum absolute atomic E-state index is 0.0688. The lowest BCUT2D eigenvalue weighted by atomic mass is 9.83. The van der Waals surface area contributed by atoms with Gasteiger partial charge in [-0.05, 0) is 54.4 Å². The number of ether oxygens (including phenoxy) is 6. The van der Waals surface area contributed by atoms with Crippen LogP contribution in [0.25, 0.3) is 0 Å². The Morgan fingerprint density at radius 3 is 1.78 bits per heavy atom. The van der Waals surface area contributed by atoms with E-state index in [0.717, 1.165) is 0 Å². The minimum atomic E-state index is -5.13. The van der Waals surface area contributed by atoms with Crippen LogP contribution in [0.1, 0.15) is 67.7 Å². The van der Waals surface area contributed by atoms with Crippen LogP contribution in [-0.4, -0.2) is 141 Å². The maximum Gasteiger partial charge on any atom is 0.408 e. The number of alkyl halides is 3. The predicted octanol–water partition coefficient (Wildman–Crippen LogP) is 0.139. The predicted molar refractivity (Wildman–Crippen MR) is 162 cm³/mol. The van der Waals surface area contributed by atoms with E-state index in [4.69, 9.17) is 34.2 Å². The number of hydrogen-bond donors (Lipinski definition) is 8. The van der Waals surface area contributed by atoms with E-state index in [1.54, 1.807) is 48.5 Å². The zero-order valence-electron chi connectivity index (χ0n) is 28.6. The number of nitrogens with one attached hydrogen (secondary N) is 2. The van der Waals surface area contributed by atoms with Gasteiger partial charge in [-0.25, -0.2) is 9.59 Å². The highest BCUT2D eigenvalue weighted by Crippen LogP contribution is 2.40. The summed E-state index contributed by atoms with van der Waals surface area (Å²) in [5, 5.41) is 57.9. The maximum atomic E-state index is 13.8. The lowest BCUT2D eigenvalue weighted by Gasteiger charge is -2.49. The SMILES string of the molecule is CCC1OC(OC2C(NC(=O)OC(C)(C)C)CC(N)C(OC3OC(CO)C(O)C(C(F)(F)F)C3O)C2O)C(NC(=O)OC(C)(C)C)CC1O. The third kappa shape index (κ3) is 11.0. The van der Waals surface area contributed by atoms with Crippen LogP contribution in [0.3, 0.4) is 0 Å². The number of aliphatic hydroxyl groups is 5. The summed E-state index contributed by atoms with van der Waals surface area (Å²) in [5.74, 6) is -2.78. The Labute approximate surface area is 282 Å². The molecule has 9 N–H and O–H groups in total. The number of nitrogens with two attached hydrogens (primary N) is 1. The van der Waals surface area contributed by atoms with E-state index >= 15 is 0 Å². The molecule has 1 saturated carbocycles. The molecular weight excluding hydrogens is 667 g/mol. The number of halogens is 3. The molecule has 3 aliphatic rings. The Balaban J connectivity index is 1.94. The van der Waals surface area contributed by atoms with Crippen molar-refractivity contribution in [3.8, 4) is 0 Å². The molecule has 49 heavy (non-hydrogen) atoms. The quantitative estimate of drug-likeness (QED) is 0.167. The second kappa shape index (κ2) is 16.1. The van der Waals surface area contributed by atoms with E-state index in [-0.39, 0.29) is 12.8 Å². The molecule has 14 unspecified atom stereocenters. The number of aliphatic hydroxyl groups excluding tert-OH is 5. The second-order valence-electron chi connectivity index (χ2n) is 14.6. The number of rotatable bonds is 8. The number of alkyl carbamates (subject to hydrolysis) is 2. The first-order chi connectivity index (χ1) is 22.4. The van der Waals surface area contributed by atoms with Gasteiger partial charge in [0.2, 0.25) is 0 Å². The molecular formula is C30H52F3N3O13. The molecule has 19 heteroatoms. The molecule has 14 atom stereocenters. The molecule has 0 aromatic heterocycles. The first-order valence-electron chi connectivity index (χ1n) is 16.2. The molecule has 3 fully saturated rings. The van der Waals surface area contributed by atoms with Crippen LogP contribution in [0.5, 0.6) is 0 Å². The van der Waals surface area contributed by atoms with Crippen molar-refractivity contribution < 1.29 is 76.7 Å². The molecule has 0 radical (unpaired) electrons. The highest BCUT2D eigenvalue weighted by molar-refractivity contribution is 5.68. The summed E-state index contributed by atoms with van der Waals surface area (Å²) in [6.45, 7) is 10.5. The Kier molecular flexibility index (Phi) is 13.6. The van der Waals surface area contributed by atoms with Crippen LogP contribution in [0.15, 0.2) is 0 Å². The van der Waals surface area contributed by atoms with Crippen LogP contribution in [0.4, 0.5) is 22.8 Å². The van der Waals surface area contributed by atoms with Gasteiger partial charge >= 0.3 is 18.4 Å². The van der Waals surface area contributed by atoms with Gasteiger partial charge in [0.05, 0.1) is 37.0 Å². The molecule has 2 amide bonds. The summed E-state index contributed by atoms with van der Waals surface area (Å²) in [6.07, 6.45) is -23.8. The Morgan fingerprint density at radius 1 is 0.776 bits per heavy atom. The minimum Gasteiger partial charge on any atom is -0.444 e. The number of carbonyl (C=O) groups excluding carboxylic acids is 2. The van der Waals surface area contributed by atoms with Crippen molar-refractivity contribution in [3.05, 3.63) is 0 Å². The Hall–Kier alpha value is -2.07. The summed E-state index contributed by atoms with van der Waals surface area (Å²) >= 11 is 0. The van der Waals surface area contributed by atoms with Crippen LogP contribution in [0.2, 0.25) is 0 Å². The standard InChI is InChI=1S/C30H52F3N3O13/c1-8-16-15(38)10-14(36-27(43)49-29(5,6)7)24(44-16)47-23-13(35-26(42)48-28(2,3)4)9-12(34)22(21(23)41)46-25-20(40)18(30(31,32)33)19(39)17(11-37)45-25/h12-25,37-41H,8-11,34H2,1-7H3,(H,35,42)(H,36,43). The third-order valence-corrected chi connectivity index (χ3v) is 8.23. The average molecular weight is 720 g/mol. The van der Waals surface area contributed by atoms with Crippen molar-refractivity contribution in [2.45, 2.75) is 165 Å². The number of amides is 2. The van der Waals surface area contributed by atoms with Crippen molar-refractivity contribution in [3.63, 3.8) is 0 Å². The second-order valence-corrected chi connectivity index (χ2v) is 14.6. The van der Waals surface area contributed by atoms with Crippen molar-refractivity contribution in [1.82, 2.24) is 10.6 Å². The third-order valence-electron chi connectivity index (χ3n) is 8.23.